The van der Waals surface area contributed by atoms with Gasteiger partial charge in [0, 0.05) is 30.5 Å². The lowest BCUT2D eigenvalue weighted by atomic mass is 9.83. The van der Waals surface area contributed by atoms with E-state index in [1.165, 1.54) is 17.6 Å². The molecule has 3 heterocycles. The molecule has 1 aliphatic carbocycles. The third kappa shape index (κ3) is 5.52. The van der Waals surface area contributed by atoms with Crippen LogP contribution in [0.1, 0.15) is 45.1 Å². The highest BCUT2D eigenvalue weighted by atomic mass is 16.7. The Labute approximate surface area is 192 Å². The normalized spacial score (nSPS) is 24.1. The SMILES string of the molecule is C1COC1.CCC1(COC2(OCC3(CC)COC3)C=CC(c3ccccc3)=CC2)COC1. The fourth-order valence-corrected chi connectivity index (χ4v) is 3.96. The molecule has 0 unspecified atom stereocenters. The molecule has 0 bridgehead atoms. The molecule has 176 valence electrons. The van der Waals surface area contributed by atoms with Gasteiger partial charge in [0.2, 0.25) is 0 Å². The van der Waals surface area contributed by atoms with Gasteiger partial charge in [-0.2, -0.15) is 0 Å². The van der Waals surface area contributed by atoms with Gasteiger partial charge in [0.25, 0.3) is 0 Å². The van der Waals surface area contributed by atoms with E-state index in [2.05, 4.69) is 56.3 Å². The third-order valence-electron chi connectivity index (χ3n) is 7.19. The van der Waals surface area contributed by atoms with Crippen LogP contribution in [0.15, 0.2) is 48.6 Å². The number of allylic oxidation sites excluding steroid dienone is 2. The molecule has 0 aromatic heterocycles. The van der Waals surface area contributed by atoms with Crippen LogP contribution in [0.25, 0.3) is 5.57 Å². The summed E-state index contributed by atoms with van der Waals surface area (Å²) in [7, 11) is 0. The topological polar surface area (TPSA) is 46.2 Å². The van der Waals surface area contributed by atoms with Gasteiger partial charge in [-0.1, -0.05) is 56.3 Å². The van der Waals surface area contributed by atoms with Crippen molar-refractivity contribution in [2.75, 3.05) is 52.9 Å². The van der Waals surface area contributed by atoms with Crippen molar-refractivity contribution in [2.24, 2.45) is 10.8 Å². The average Bonchev–Trinajstić information content (AvgIpc) is 2.73. The van der Waals surface area contributed by atoms with E-state index >= 15 is 0 Å². The van der Waals surface area contributed by atoms with Gasteiger partial charge in [0.05, 0.1) is 39.6 Å². The van der Waals surface area contributed by atoms with E-state index in [0.29, 0.717) is 13.2 Å². The lowest BCUT2D eigenvalue weighted by Gasteiger charge is -2.46. The lowest BCUT2D eigenvalue weighted by molar-refractivity contribution is -0.269. The number of hydrogen-bond donors (Lipinski definition) is 0. The lowest BCUT2D eigenvalue weighted by Crippen LogP contribution is -2.51. The molecule has 0 amide bonds. The Morgan fingerprint density at radius 3 is 1.69 bits per heavy atom. The largest absolute Gasteiger partial charge is 0.381 e. The van der Waals surface area contributed by atoms with Crippen molar-refractivity contribution in [2.45, 2.75) is 45.3 Å². The number of ether oxygens (including phenoxy) is 5. The van der Waals surface area contributed by atoms with E-state index in [0.717, 1.165) is 58.9 Å². The van der Waals surface area contributed by atoms with Crippen LogP contribution in [0.2, 0.25) is 0 Å². The highest BCUT2D eigenvalue weighted by Gasteiger charge is 2.44. The highest BCUT2D eigenvalue weighted by molar-refractivity contribution is 5.75. The van der Waals surface area contributed by atoms with Crippen LogP contribution in [-0.2, 0) is 23.7 Å². The number of benzene rings is 1. The molecular weight excluding hydrogens is 404 g/mol. The van der Waals surface area contributed by atoms with E-state index < -0.39 is 5.79 Å². The molecule has 5 rings (SSSR count). The second kappa shape index (κ2) is 10.6. The molecule has 1 aromatic carbocycles. The van der Waals surface area contributed by atoms with E-state index in [1.54, 1.807) is 0 Å². The van der Waals surface area contributed by atoms with Gasteiger partial charge in [0.1, 0.15) is 0 Å². The molecule has 0 N–H and O–H groups in total. The van der Waals surface area contributed by atoms with E-state index in [-0.39, 0.29) is 10.8 Å². The smallest absolute Gasteiger partial charge is 0.191 e. The predicted octanol–water partition coefficient (Wildman–Crippen LogP) is 5.02. The van der Waals surface area contributed by atoms with Crippen LogP contribution in [-0.4, -0.2) is 58.6 Å². The van der Waals surface area contributed by atoms with Gasteiger partial charge in [0.15, 0.2) is 5.79 Å². The van der Waals surface area contributed by atoms with E-state index in [9.17, 15) is 0 Å². The maximum absolute atomic E-state index is 6.49. The Bertz CT molecular complexity index is 731. The molecule has 3 aliphatic heterocycles. The van der Waals surface area contributed by atoms with Crippen molar-refractivity contribution in [1.82, 2.24) is 0 Å². The molecule has 3 saturated heterocycles. The summed E-state index contributed by atoms with van der Waals surface area (Å²) in [5.74, 6) is -0.701. The Balaban J connectivity index is 0.000000552. The minimum absolute atomic E-state index is 0.135. The molecule has 0 saturated carbocycles. The molecule has 32 heavy (non-hydrogen) atoms. The Morgan fingerprint density at radius 1 is 0.812 bits per heavy atom. The summed E-state index contributed by atoms with van der Waals surface area (Å²) in [5.41, 5.74) is 2.71. The van der Waals surface area contributed by atoms with Crippen LogP contribution >= 0.6 is 0 Å². The zero-order valence-electron chi connectivity index (χ0n) is 19.6. The molecule has 0 radical (unpaired) electrons. The van der Waals surface area contributed by atoms with Crippen molar-refractivity contribution in [3.63, 3.8) is 0 Å². The maximum Gasteiger partial charge on any atom is 0.191 e. The standard InChI is InChI=1S/C24H32O4.C3H6O/c1-3-22(14-25-15-22)18-27-24(28-19-23(4-2)16-26-17-23)12-10-21(11-13-24)20-8-6-5-7-9-20;1-2-4-3-1/h5-12H,3-4,13-19H2,1-2H3;1-3H2. The van der Waals surface area contributed by atoms with Crippen LogP contribution < -0.4 is 0 Å². The maximum atomic E-state index is 6.49. The summed E-state index contributed by atoms with van der Waals surface area (Å²) in [6, 6.07) is 10.5. The Morgan fingerprint density at radius 2 is 1.34 bits per heavy atom. The first-order valence-electron chi connectivity index (χ1n) is 12.1. The molecule has 5 nitrogen and oxygen atoms in total. The fraction of sp³-hybridized carbons (Fsp3) is 0.630. The molecular formula is C27H38O5. The van der Waals surface area contributed by atoms with Gasteiger partial charge in [-0.05, 0) is 36.5 Å². The van der Waals surface area contributed by atoms with Crippen LogP contribution in [0.3, 0.4) is 0 Å². The van der Waals surface area contributed by atoms with Crippen LogP contribution in [0.4, 0.5) is 0 Å². The summed E-state index contributed by atoms with van der Waals surface area (Å²) >= 11 is 0. The summed E-state index contributed by atoms with van der Waals surface area (Å²) in [5, 5.41) is 0. The Hall–Kier alpha value is -1.50. The van der Waals surface area contributed by atoms with Gasteiger partial charge < -0.3 is 23.7 Å². The minimum atomic E-state index is -0.701. The molecule has 0 spiro atoms. The fourth-order valence-electron chi connectivity index (χ4n) is 3.96. The summed E-state index contributed by atoms with van der Waals surface area (Å²) in [6.07, 6.45) is 10.6. The molecule has 4 aliphatic rings. The quantitative estimate of drug-likeness (QED) is 0.503. The zero-order valence-corrected chi connectivity index (χ0v) is 19.6. The first kappa shape index (κ1) is 23.7. The minimum Gasteiger partial charge on any atom is -0.381 e. The molecule has 3 fully saturated rings. The van der Waals surface area contributed by atoms with Gasteiger partial charge >= 0.3 is 0 Å². The van der Waals surface area contributed by atoms with Crippen LogP contribution in [0.5, 0.6) is 0 Å². The number of rotatable bonds is 9. The van der Waals surface area contributed by atoms with Crippen molar-refractivity contribution in [3.05, 3.63) is 54.1 Å². The van der Waals surface area contributed by atoms with Crippen molar-refractivity contribution < 1.29 is 23.7 Å². The monoisotopic (exact) mass is 442 g/mol. The second-order valence-corrected chi connectivity index (χ2v) is 9.61. The van der Waals surface area contributed by atoms with Gasteiger partial charge in [-0.25, -0.2) is 0 Å². The number of hydrogen-bond acceptors (Lipinski definition) is 5. The summed E-state index contributed by atoms with van der Waals surface area (Å²) < 4.78 is 28.6. The zero-order chi connectivity index (χ0) is 22.3. The van der Waals surface area contributed by atoms with Gasteiger partial charge in [-0.3, -0.25) is 0 Å². The average molecular weight is 443 g/mol. The summed E-state index contributed by atoms with van der Waals surface area (Å²) in [4.78, 5) is 0. The van der Waals surface area contributed by atoms with Crippen LogP contribution in [0, 0.1) is 10.8 Å². The first-order chi connectivity index (χ1) is 15.6. The predicted molar refractivity (Wildman–Crippen MR) is 125 cm³/mol. The van der Waals surface area contributed by atoms with Crippen molar-refractivity contribution in [1.29, 1.82) is 0 Å². The van der Waals surface area contributed by atoms with E-state index in [1.807, 2.05) is 6.07 Å². The highest BCUT2D eigenvalue weighted by Crippen LogP contribution is 2.39. The second-order valence-electron chi connectivity index (χ2n) is 9.61. The van der Waals surface area contributed by atoms with Crippen molar-refractivity contribution >= 4 is 5.57 Å². The molecule has 1 aromatic rings. The third-order valence-corrected chi connectivity index (χ3v) is 7.19. The first-order valence-corrected chi connectivity index (χ1v) is 12.1. The summed E-state index contributed by atoms with van der Waals surface area (Å²) in [6.45, 7) is 10.9. The van der Waals surface area contributed by atoms with Crippen molar-refractivity contribution in [3.8, 4) is 0 Å². The molecule has 5 heteroatoms. The molecule has 0 atom stereocenters. The Kier molecular flexibility index (Phi) is 7.85. The van der Waals surface area contributed by atoms with Gasteiger partial charge in [-0.15, -0.1) is 0 Å². The van der Waals surface area contributed by atoms with E-state index in [4.69, 9.17) is 23.7 Å².